The van der Waals surface area contributed by atoms with Crippen molar-refractivity contribution in [2.45, 2.75) is 65.5 Å². The maximum atomic E-state index is 12.0. The Morgan fingerprint density at radius 3 is 2.67 bits per heavy atom. The molecule has 1 amide bonds. The first-order valence-corrected chi connectivity index (χ1v) is 10.6. The molecule has 162 valence electrons. The van der Waals surface area contributed by atoms with Crippen molar-refractivity contribution in [2.24, 2.45) is 5.10 Å². The van der Waals surface area contributed by atoms with Gasteiger partial charge in [-0.15, -0.1) is 0 Å². The van der Waals surface area contributed by atoms with Gasteiger partial charge in [0.05, 0.1) is 12.3 Å². The smallest absolute Gasteiger partial charge is 0.277 e. The third-order valence-electron chi connectivity index (χ3n) is 5.51. The minimum atomic E-state index is -0.292. The van der Waals surface area contributed by atoms with E-state index in [-0.39, 0.29) is 24.0 Å². The zero-order valence-corrected chi connectivity index (χ0v) is 18.7. The van der Waals surface area contributed by atoms with Crippen molar-refractivity contribution in [1.29, 1.82) is 0 Å². The normalized spacial score (nSPS) is 16.9. The Bertz CT molecular complexity index is 886. The second kappa shape index (κ2) is 9.47. The van der Waals surface area contributed by atoms with E-state index in [2.05, 4.69) is 55.8 Å². The lowest BCUT2D eigenvalue weighted by molar-refractivity contribution is -0.123. The minimum Gasteiger partial charge on any atom is -0.484 e. The highest BCUT2D eigenvalue weighted by Crippen LogP contribution is 2.24. The van der Waals surface area contributed by atoms with Crippen LogP contribution in [0.1, 0.15) is 56.1 Å². The van der Waals surface area contributed by atoms with E-state index in [1.165, 1.54) is 5.56 Å². The van der Waals surface area contributed by atoms with E-state index < -0.39 is 0 Å². The molecule has 0 bridgehead atoms. The van der Waals surface area contributed by atoms with E-state index in [1.54, 1.807) is 6.21 Å². The molecule has 1 aromatic heterocycles. The molecule has 2 aromatic rings. The molecule has 0 saturated carbocycles. The maximum Gasteiger partial charge on any atom is 0.277 e. The first-order chi connectivity index (χ1) is 14.2. The van der Waals surface area contributed by atoms with Gasteiger partial charge in [-0.05, 0) is 55.9 Å². The number of rotatable bonds is 7. The van der Waals surface area contributed by atoms with E-state index in [4.69, 9.17) is 9.47 Å². The van der Waals surface area contributed by atoms with E-state index in [0.29, 0.717) is 5.75 Å². The second-order valence-corrected chi connectivity index (χ2v) is 8.93. The molecule has 1 aromatic carbocycles. The van der Waals surface area contributed by atoms with Gasteiger partial charge in [0, 0.05) is 30.1 Å². The van der Waals surface area contributed by atoms with Gasteiger partial charge < -0.3 is 14.0 Å². The number of nitrogens with zero attached hydrogens (tertiary/aromatic N) is 2. The zero-order valence-electron chi connectivity index (χ0n) is 18.7. The first-order valence-electron chi connectivity index (χ1n) is 10.6. The summed E-state index contributed by atoms with van der Waals surface area (Å²) in [6.45, 7) is 12.3. The summed E-state index contributed by atoms with van der Waals surface area (Å²) in [5.74, 6) is 0.374. The van der Waals surface area contributed by atoms with Gasteiger partial charge in [0.25, 0.3) is 5.91 Å². The van der Waals surface area contributed by atoms with E-state index in [9.17, 15) is 4.79 Å². The van der Waals surface area contributed by atoms with Crippen LogP contribution < -0.4 is 10.2 Å². The fraction of sp³-hybridized carbons (Fsp3) is 0.500. The molecule has 1 fully saturated rings. The first kappa shape index (κ1) is 22.1. The molecule has 6 heteroatoms. The van der Waals surface area contributed by atoms with Crippen LogP contribution in [-0.4, -0.2) is 36.0 Å². The predicted molar refractivity (Wildman–Crippen MR) is 119 cm³/mol. The van der Waals surface area contributed by atoms with Crippen LogP contribution in [0.15, 0.2) is 35.4 Å². The van der Waals surface area contributed by atoms with E-state index in [0.717, 1.165) is 42.9 Å². The summed E-state index contributed by atoms with van der Waals surface area (Å²) in [6, 6.07) is 9.91. The predicted octanol–water partition coefficient (Wildman–Crippen LogP) is 4.11. The summed E-state index contributed by atoms with van der Waals surface area (Å²) in [5.41, 5.74) is 7.12. The van der Waals surface area contributed by atoms with Gasteiger partial charge in [-0.1, -0.05) is 32.9 Å². The van der Waals surface area contributed by atoms with Crippen molar-refractivity contribution in [3.8, 4) is 5.75 Å². The summed E-state index contributed by atoms with van der Waals surface area (Å²) in [7, 11) is 0. The standard InChI is InChI=1S/C24H33N3O3/c1-17-13-19(18(2)27(17)15-22-7-6-12-29-22)14-25-26-23(28)16-30-21-10-8-20(9-11-21)24(3,4)5/h8-11,13-14,22H,6-7,12,15-16H2,1-5H3,(H,26,28)/b25-14-/t22-/m1/s1. The third-order valence-corrected chi connectivity index (χ3v) is 5.51. The molecule has 1 N–H and O–H groups in total. The Hall–Kier alpha value is -2.60. The minimum absolute atomic E-state index is 0.0791. The number of hydrazone groups is 1. The Morgan fingerprint density at radius 1 is 1.30 bits per heavy atom. The van der Waals surface area contributed by atoms with Crippen LogP contribution in [0.5, 0.6) is 5.75 Å². The summed E-state index contributed by atoms with van der Waals surface area (Å²) in [4.78, 5) is 12.0. The fourth-order valence-electron chi connectivity index (χ4n) is 3.64. The van der Waals surface area contributed by atoms with Gasteiger partial charge in [-0.3, -0.25) is 4.79 Å². The number of carbonyl (C=O) groups is 1. The second-order valence-electron chi connectivity index (χ2n) is 8.93. The maximum absolute atomic E-state index is 12.0. The molecule has 6 nitrogen and oxygen atoms in total. The lowest BCUT2D eigenvalue weighted by atomic mass is 9.87. The van der Waals surface area contributed by atoms with Crippen LogP contribution in [0.2, 0.25) is 0 Å². The molecule has 1 saturated heterocycles. The van der Waals surface area contributed by atoms with Gasteiger partial charge in [0.1, 0.15) is 5.75 Å². The highest BCUT2D eigenvalue weighted by molar-refractivity contribution is 5.84. The van der Waals surface area contributed by atoms with Crippen molar-refractivity contribution < 1.29 is 14.3 Å². The molecule has 0 radical (unpaired) electrons. The van der Waals surface area contributed by atoms with Crippen molar-refractivity contribution in [3.05, 3.63) is 52.8 Å². The molecule has 2 heterocycles. The van der Waals surface area contributed by atoms with E-state index >= 15 is 0 Å². The summed E-state index contributed by atoms with van der Waals surface area (Å²) >= 11 is 0. The number of amides is 1. The lowest BCUT2D eigenvalue weighted by Crippen LogP contribution is -2.24. The number of hydrogen-bond donors (Lipinski definition) is 1. The number of nitrogens with one attached hydrogen (secondary N) is 1. The summed E-state index contributed by atoms with van der Waals surface area (Å²) in [6.07, 6.45) is 4.21. The lowest BCUT2D eigenvalue weighted by Gasteiger charge is -2.19. The van der Waals surface area contributed by atoms with Crippen molar-refractivity contribution in [1.82, 2.24) is 9.99 Å². The van der Waals surface area contributed by atoms with Crippen LogP contribution in [0.3, 0.4) is 0 Å². The van der Waals surface area contributed by atoms with Crippen molar-refractivity contribution in [2.75, 3.05) is 13.2 Å². The zero-order chi connectivity index (χ0) is 21.7. The Kier molecular flexibility index (Phi) is 6.98. The van der Waals surface area contributed by atoms with Crippen molar-refractivity contribution in [3.63, 3.8) is 0 Å². The molecular formula is C24H33N3O3. The van der Waals surface area contributed by atoms with Crippen LogP contribution in [0, 0.1) is 13.8 Å². The summed E-state index contributed by atoms with van der Waals surface area (Å²) < 4.78 is 13.6. The average Bonchev–Trinajstić information content (AvgIpc) is 3.30. The largest absolute Gasteiger partial charge is 0.484 e. The topological polar surface area (TPSA) is 64.8 Å². The molecule has 0 spiro atoms. The number of benzene rings is 1. The highest BCUT2D eigenvalue weighted by Gasteiger charge is 2.18. The number of ether oxygens (including phenoxy) is 2. The van der Waals surface area contributed by atoms with Crippen LogP contribution in [-0.2, 0) is 21.5 Å². The Labute approximate surface area is 179 Å². The van der Waals surface area contributed by atoms with Gasteiger partial charge in [-0.2, -0.15) is 5.10 Å². The van der Waals surface area contributed by atoms with E-state index in [1.807, 2.05) is 24.3 Å². The van der Waals surface area contributed by atoms with Gasteiger partial charge >= 0.3 is 0 Å². The monoisotopic (exact) mass is 411 g/mol. The number of hydrogen-bond acceptors (Lipinski definition) is 4. The van der Waals surface area contributed by atoms with Gasteiger partial charge in [0.2, 0.25) is 0 Å². The van der Waals surface area contributed by atoms with Gasteiger partial charge in [0.15, 0.2) is 6.61 Å². The fourth-order valence-corrected chi connectivity index (χ4v) is 3.64. The Balaban J connectivity index is 1.49. The van der Waals surface area contributed by atoms with Crippen LogP contribution in [0.25, 0.3) is 0 Å². The SMILES string of the molecule is Cc1cc(/C=N\NC(=O)COc2ccc(C(C)(C)C)cc2)c(C)n1C[C@H]1CCCO1. The summed E-state index contributed by atoms with van der Waals surface area (Å²) in [5, 5.41) is 4.10. The average molecular weight is 412 g/mol. The molecule has 0 aliphatic carbocycles. The van der Waals surface area contributed by atoms with Crippen LogP contribution in [0.4, 0.5) is 0 Å². The molecule has 30 heavy (non-hydrogen) atoms. The number of aromatic nitrogens is 1. The van der Waals surface area contributed by atoms with Crippen molar-refractivity contribution >= 4 is 12.1 Å². The number of carbonyl (C=O) groups excluding carboxylic acids is 1. The molecular weight excluding hydrogens is 378 g/mol. The quantitative estimate of drug-likeness (QED) is 0.551. The highest BCUT2D eigenvalue weighted by atomic mass is 16.5. The van der Waals surface area contributed by atoms with Crippen LogP contribution >= 0.6 is 0 Å². The number of aryl methyl sites for hydroxylation is 1. The Morgan fingerprint density at radius 2 is 2.03 bits per heavy atom. The third kappa shape index (κ3) is 5.72. The molecule has 1 aliphatic rings. The molecule has 1 atom stereocenters. The van der Waals surface area contributed by atoms with Gasteiger partial charge in [-0.25, -0.2) is 5.43 Å². The molecule has 0 unspecified atom stereocenters. The molecule has 3 rings (SSSR count). The molecule has 1 aliphatic heterocycles.